The Labute approximate surface area is 179 Å². The highest BCUT2D eigenvalue weighted by Crippen LogP contribution is 2.40. The fourth-order valence-corrected chi connectivity index (χ4v) is 8.91. The molecule has 2 unspecified atom stereocenters. The fraction of sp³-hybridized carbons (Fsp3) is 1.00. The Bertz CT molecular complexity index is 421. The molecule has 0 aliphatic heterocycles. The number of rotatable bonds is 13. The first-order valence-corrected chi connectivity index (χ1v) is 18.3. The third kappa shape index (κ3) is 7.01. The second kappa shape index (κ2) is 11.2. The lowest BCUT2D eigenvalue weighted by Crippen LogP contribution is -2.56. The van der Waals surface area contributed by atoms with Crippen LogP contribution in [0.4, 0.5) is 0 Å². The van der Waals surface area contributed by atoms with Crippen molar-refractivity contribution < 1.29 is 17.7 Å². The van der Waals surface area contributed by atoms with Gasteiger partial charge in [0.2, 0.25) is 0 Å². The van der Waals surface area contributed by atoms with Crippen LogP contribution in [-0.4, -0.2) is 71.5 Å². The Morgan fingerprint density at radius 3 is 1.18 bits per heavy atom. The highest BCUT2D eigenvalue weighted by molar-refractivity contribution is 6.77. The molecule has 0 saturated carbocycles. The summed E-state index contributed by atoms with van der Waals surface area (Å²) in [4.78, 5) is 0. The average molecular weight is 452 g/mol. The number of nitrogens with zero attached hydrogens (tertiary/aromatic N) is 1. The summed E-state index contributed by atoms with van der Waals surface area (Å²) < 4.78 is 25.9. The van der Waals surface area contributed by atoms with E-state index >= 15 is 0 Å². The molecular weight excluding hydrogens is 402 g/mol. The minimum Gasteiger partial charge on any atom is -0.398 e. The normalized spacial score (nSPS) is 16.5. The van der Waals surface area contributed by atoms with E-state index in [4.69, 9.17) is 17.7 Å². The monoisotopic (exact) mass is 451 g/mol. The maximum absolute atomic E-state index is 5.79. The molecule has 0 saturated heterocycles. The number of hydrogen-bond donors (Lipinski definition) is 0. The van der Waals surface area contributed by atoms with Gasteiger partial charge in [-0.2, -0.15) is 0 Å². The third-order valence-electron chi connectivity index (χ3n) is 7.70. The zero-order valence-electron chi connectivity index (χ0n) is 21.1. The molecule has 0 bridgehead atoms. The molecule has 0 aliphatic carbocycles. The molecule has 0 spiro atoms. The van der Waals surface area contributed by atoms with Crippen LogP contribution in [0.5, 0.6) is 0 Å². The van der Waals surface area contributed by atoms with Crippen molar-refractivity contribution in [3.63, 3.8) is 0 Å². The van der Waals surface area contributed by atoms with Crippen molar-refractivity contribution in [2.45, 2.75) is 89.8 Å². The van der Waals surface area contributed by atoms with Gasteiger partial charge in [0.1, 0.15) is 8.24 Å². The molecule has 0 rings (SSSR count). The minimum absolute atomic E-state index is 0.311. The molecule has 0 N–H and O–H groups in total. The topological polar surface area (TPSA) is 40.2 Å². The quantitative estimate of drug-likeness (QED) is 0.342. The molecule has 0 aromatic heterocycles. The Morgan fingerprint density at radius 1 is 0.679 bits per heavy atom. The smallest absolute Gasteiger partial charge is 0.337 e. The van der Waals surface area contributed by atoms with Gasteiger partial charge in [0, 0.05) is 39.5 Å². The van der Waals surface area contributed by atoms with E-state index in [-0.39, 0.29) is 0 Å². The lowest BCUT2D eigenvalue weighted by molar-refractivity contribution is 0.229. The summed E-state index contributed by atoms with van der Waals surface area (Å²) in [6, 6.07) is 0. The van der Waals surface area contributed by atoms with Crippen molar-refractivity contribution in [2.24, 2.45) is 0 Å². The minimum atomic E-state index is -2.10. The van der Waals surface area contributed by atoms with Crippen LogP contribution in [0.1, 0.15) is 47.5 Å². The van der Waals surface area contributed by atoms with E-state index in [2.05, 4.69) is 65.4 Å². The van der Waals surface area contributed by atoms with Crippen LogP contribution in [0, 0.1) is 0 Å². The first-order chi connectivity index (χ1) is 12.6. The lowest BCUT2D eigenvalue weighted by Gasteiger charge is -2.47. The van der Waals surface area contributed by atoms with Gasteiger partial charge in [0.05, 0.1) is 0 Å². The predicted octanol–water partition coefficient (Wildman–Crippen LogP) is 5.58. The van der Waals surface area contributed by atoms with E-state index in [0.717, 1.165) is 25.9 Å². The second-order valence-electron chi connectivity index (χ2n) is 10.0. The van der Waals surface area contributed by atoms with Crippen molar-refractivity contribution in [3.05, 3.63) is 0 Å². The average Bonchev–Trinajstić information content (AvgIpc) is 2.64. The van der Waals surface area contributed by atoms with Crippen LogP contribution in [-0.2, 0) is 17.7 Å². The molecule has 8 heteroatoms. The van der Waals surface area contributed by atoms with Crippen LogP contribution in [0.2, 0.25) is 42.3 Å². The molecule has 0 fully saturated rings. The van der Waals surface area contributed by atoms with Crippen LogP contribution >= 0.6 is 0 Å². The summed E-state index contributed by atoms with van der Waals surface area (Å²) in [6.45, 7) is 23.3. The molecule has 0 aromatic carbocycles. The molecule has 28 heavy (non-hydrogen) atoms. The Balaban J connectivity index is 5.36. The van der Waals surface area contributed by atoms with Gasteiger partial charge in [0.25, 0.3) is 0 Å². The van der Waals surface area contributed by atoms with Crippen LogP contribution in [0.25, 0.3) is 0 Å². The van der Waals surface area contributed by atoms with Gasteiger partial charge in [-0.1, -0.05) is 47.7 Å². The van der Waals surface area contributed by atoms with Gasteiger partial charge >= 0.3 is 17.1 Å². The van der Waals surface area contributed by atoms with E-state index in [9.17, 15) is 0 Å². The molecule has 0 aromatic rings. The largest absolute Gasteiger partial charge is 0.398 e. The summed E-state index contributed by atoms with van der Waals surface area (Å²) in [6.07, 6.45) is 2.21. The highest BCUT2D eigenvalue weighted by atomic mass is 28.4. The zero-order valence-corrected chi connectivity index (χ0v) is 24.1. The fourth-order valence-electron chi connectivity index (χ4n) is 3.34. The van der Waals surface area contributed by atoms with E-state index in [1.807, 2.05) is 0 Å². The Kier molecular flexibility index (Phi) is 11.4. The summed E-state index contributed by atoms with van der Waals surface area (Å²) in [5.74, 6) is 0. The maximum Gasteiger partial charge on any atom is 0.337 e. The molecule has 5 nitrogen and oxygen atoms in total. The summed E-state index contributed by atoms with van der Waals surface area (Å²) in [5.41, 5.74) is 0.898. The molecular formula is C20H49NO4Si3. The second-order valence-corrected chi connectivity index (χ2v) is 22.9. The molecule has 0 heterocycles. The first kappa shape index (κ1) is 28.5. The molecule has 0 aliphatic rings. The molecule has 170 valence electrons. The Morgan fingerprint density at radius 2 is 0.964 bits per heavy atom. The van der Waals surface area contributed by atoms with E-state index in [0.29, 0.717) is 16.1 Å². The maximum atomic E-state index is 5.79. The Hall–Kier alpha value is 0.451. The summed E-state index contributed by atoms with van der Waals surface area (Å²) >= 11 is 0. The van der Waals surface area contributed by atoms with Gasteiger partial charge in [0.15, 0.2) is 0 Å². The van der Waals surface area contributed by atoms with Crippen LogP contribution < -0.4 is 0 Å². The van der Waals surface area contributed by atoms with Gasteiger partial charge in [-0.15, -0.1) is 0 Å². The van der Waals surface area contributed by atoms with Crippen molar-refractivity contribution in [1.29, 1.82) is 0 Å². The van der Waals surface area contributed by atoms with Crippen LogP contribution in [0.3, 0.4) is 0 Å². The van der Waals surface area contributed by atoms with E-state index in [1.165, 1.54) is 0 Å². The summed E-state index contributed by atoms with van der Waals surface area (Å²) in [5, 5.41) is 0.311. The standard InChI is InChI=1S/C20H49NO4Si3/c1-18(27(12,22-6)23-7)14-16-21(26(10,11)20(3,4)5)17-15-19(2)28(13,24-8)25-9/h18-19H,14-17H2,1-13H3. The van der Waals surface area contributed by atoms with E-state index < -0.39 is 25.4 Å². The predicted molar refractivity (Wildman–Crippen MR) is 128 cm³/mol. The van der Waals surface area contributed by atoms with Crippen LogP contribution in [0.15, 0.2) is 0 Å². The molecule has 2 atom stereocenters. The zero-order chi connectivity index (χ0) is 22.4. The lowest BCUT2D eigenvalue weighted by atomic mass is 10.2. The van der Waals surface area contributed by atoms with Crippen molar-refractivity contribution in [2.75, 3.05) is 41.5 Å². The number of hydrogen-bond acceptors (Lipinski definition) is 5. The molecule has 0 radical (unpaired) electrons. The SMILES string of the molecule is CO[Si](C)(OC)C(C)CCN(CCC(C)[Si](C)(OC)OC)[Si](C)(C)C(C)(C)C. The van der Waals surface area contributed by atoms with Gasteiger partial charge < -0.3 is 22.3 Å². The van der Waals surface area contributed by atoms with Gasteiger partial charge in [-0.05, 0) is 44.1 Å². The molecule has 0 amide bonds. The first-order valence-electron chi connectivity index (χ1n) is 10.6. The van der Waals surface area contributed by atoms with Gasteiger partial charge in [-0.25, -0.2) is 0 Å². The highest BCUT2D eigenvalue weighted by Gasteiger charge is 2.43. The van der Waals surface area contributed by atoms with Crippen molar-refractivity contribution >= 4 is 25.4 Å². The van der Waals surface area contributed by atoms with Gasteiger partial charge in [-0.3, -0.25) is 0 Å². The van der Waals surface area contributed by atoms with Crippen molar-refractivity contribution in [1.82, 2.24) is 4.57 Å². The third-order valence-corrected chi connectivity index (χ3v) is 20.8. The van der Waals surface area contributed by atoms with E-state index in [1.54, 1.807) is 28.4 Å². The summed E-state index contributed by atoms with van der Waals surface area (Å²) in [7, 11) is 1.34. The van der Waals surface area contributed by atoms with Crippen molar-refractivity contribution in [3.8, 4) is 0 Å².